The highest BCUT2D eigenvalue weighted by Crippen LogP contribution is 2.28. The Kier molecular flexibility index (Phi) is 4.06. The molecule has 2 aromatic carbocycles. The van der Waals surface area contributed by atoms with Gasteiger partial charge in [0.05, 0.1) is 10.6 Å². The Labute approximate surface area is 139 Å². The van der Waals surface area contributed by atoms with Crippen LogP contribution in [-0.2, 0) is 17.1 Å². The van der Waals surface area contributed by atoms with Crippen LogP contribution < -0.4 is 4.72 Å². The SMILES string of the molecule is Cc1ccc(F)cc1S(=O)(=O)Nc1ccccc1-c1nncn1C. The van der Waals surface area contributed by atoms with E-state index in [9.17, 15) is 12.8 Å². The van der Waals surface area contributed by atoms with Gasteiger partial charge in [0, 0.05) is 12.6 Å². The number of nitrogens with one attached hydrogen (secondary N) is 1. The number of aryl methyl sites for hydroxylation is 2. The summed E-state index contributed by atoms with van der Waals surface area (Å²) in [5.74, 6) is -0.0909. The molecule has 8 heteroatoms. The molecule has 0 aliphatic rings. The smallest absolute Gasteiger partial charge is 0.262 e. The van der Waals surface area contributed by atoms with E-state index in [1.165, 1.54) is 18.5 Å². The van der Waals surface area contributed by atoms with Crippen LogP contribution in [0.2, 0.25) is 0 Å². The van der Waals surface area contributed by atoms with Crippen LogP contribution in [0, 0.1) is 12.7 Å². The molecule has 1 aromatic heterocycles. The first-order chi connectivity index (χ1) is 11.4. The molecule has 0 atom stereocenters. The molecule has 124 valence electrons. The zero-order valence-corrected chi connectivity index (χ0v) is 13.9. The third kappa shape index (κ3) is 3.00. The number of sulfonamides is 1. The molecule has 1 N–H and O–H groups in total. The molecule has 0 saturated heterocycles. The fourth-order valence-electron chi connectivity index (χ4n) is 2.36. The Morgan fingerprint density at radius 2 is 1.92 bits per heavy atom. The number of rotatable bonds is 4. The van der Waals surface area contributed by atoms with Gasteiger partial charge in [-0.1, -0.05) is 18.2 Å². The molecule has 24 heavy (non-hydrogen) atoms. The van der Waals surface area contributed by atoms with Gasteiger partial charge in [0.15, 0.2) is 5.82 Å². The summed E-state index contributed by atoms with van der Waals surface area (Å²) in [5, 5.41) is 7.80. The minimum atomic E-state index is -3.94. The molecule has 0 bridgehead atoms. The molecular formula is C16H15FN4O2S. The standard InChI is InChI=1S/C16H15FN4O2S/c1-11-7-8-12(17)9-15(11)24(22,23)20-14-6-4-3-5-13(14)16-19-18-10-21(16)2/h3-10,20H,1-2H3. The minimum absolute atomic E-state index is 0.102. The summed E-state index contributed by atoms with van der Waals surface area (Å²) in [7, 11) is -2.18. The van der Waals surface area contributed by atoms with E-state index in [1.807, 2.05) is 0 Å². The Hall–Kier alpha value is -2.74. The zero-order chi connectivity index (χ0) is 17.3. The quantitative estimate of drug-likeness (QED) is 0.788. The first-order valence-electron chi connectivity index (χ1n) is 7.11. The molecule has 0 amide bonds. The van der Waals surface area contributed by atoms with Crippen molar-refractivity contribution in [3.63, 3.8) is 0 Å². The van der Waals surface area contributed by atoms with Gasteiger partial charge in [-0.05, 0) is 36.8 Å². The summed E-state index contributed by atoms with van der Waals surface area (Å²) < 4.78 is 43.0. The summed E-state index contributed by atoms with van der Waals surface area (Å²) in [6.45, 7) is 1.61. The second-order valence-electron chi connectivity index (χ2n) is 5.33. The van der Waals surface area contributed by atoms with Gasteiger partial charge < -0.3 is 4.57 Å². The van der Waals surface area contributed by atoms with E-state index >= 15 is 0 Å². The molecule has 1 heterocycles. The van der Waals surface area contributed by atoms with Gasteiger partial charge in [-0.15, -0.1) is 10.2 Å². The molecule has 0 radical (unpaired) electrons. The molecule has 0 fully saturated rings. The van der Waals surface area contributed by atoms with Crippen molar-refractivity contribution >= 4 is 15.7 Å². The van der Waals surface area contributed by atoms with Gasteiger partial charge in [0.25, 0.3) is 10.0 Å². The topological polar surface area (TPSA) is 76.9 Å². The lowest BCUT2D eigenvalue weighted by molar-refractivity contribution is 0.594. The van der Waals surface area contributed by atoms with Crippen LogP contribution in [0.4, 0.5) is 10.1 Å². The molecule has 3 aromatic rings. The molecule has 0 aliphatic heterocycles. The predicted octanol–water partition coefficient (Wildman–Crippen LogP) is 2.73. The van der Waals surface area contributed by atoms with E-state index < -0.39 is 15.8 Å². The summed E-state index contributed by atoms with van der Waals surface area (Å²) in [5.41, 5.74) is 1.38. The molecule has 0 spiro atoms. The third-order valence-corrected chi connectivity index (χ3v) is 5.07. The van der Waals surface area contributed by atoms with Crippen molar-refractivity contribution in [1.29, 1.82) is 0 Å². The Bertz CT molecular complexity index is 999. The number of nitrogens with zero attached hydrogens (tertiary/aromatic N) is 3. The highest BCUT2D eigenvalue weighted by atomic mass is 32.2. The maximum atomic E-state index is 13.5. The second kappa shape index (κ2) is 6.04. The van der Waals surface area contributed by atoms with Crippen LogP contribution >= 0.6 is 0 Å². The zero-order valence-electron chi connectivity index (χ0n) is 13.1. The van der Waals surface area contributed by atoms with E-state index in [0.717, 1.165) is 6.07 Å². The average Bonchev–Trinajstić information content (AvgIpc) is 2.96. The van der Waals surface area contributed by atoms with E-state index in [-0.39, 0.29) is 4.90 Å². The molecule has 6 nitrogen and oxygen atoms in total. The van der Waals surface area contributed by atoms with Crippen LogP contribution in [0.25, 0.3) is 11.4 Å². The van der Waals surface area contributed by atoms with Gasteiger partial charge in [-0.25, -0.2) is 12.8 Å². The summed E-state index contributed by atoms with van der Waals surface area (Å²) >= 11 is 0. The molecule has 0 unspecified atom stereocenters. The Balaban J connectivity index is 2.06. The normalized spacial score (nSPS) is 11.5. The van der Waals surface area contributed by atoms with Gasteiger partial charge in [-0.3, -0.25) is 4.72 Å². The largest absolute Gasteiger partial charge is 0.317 e. The average molecular weight is 346 g/mol. The number of anilines is 1. The van der Waals surface area contributed by atoms with Gasteiger partial charge in [0.2, 0.25) is 0 Å². The number of para-hydroxylation sites is 1. The lowest BCUT2D eigenvalue weighted by Gasteiger charge is -2.13. The van der Waals surface area contributed by atoms with Crippen molar-refractivity contribution in [3.8, 4) is 11.4 Å². The number of halogens is 1. The van der Waals surface area contributed by atoms with Crippen LogP contribution in [0.1, 0.15) is 5.56 Å². The molecular weight excluding hydrogens is 331 g/mol. The Morgan fingerprint density at radius 3 is 2.62 bits per heavy atom. The van der Waals surface area contributed by atoms with E-state index in [2.05, 4.69) is 14.9 Å². The fraction of sp³-hybridized carbons (Fsp3) is 0.125. The lowest BCUT2D eigenvalue weighted by atomic mass is 10.2. The number of hydrogen-bond acceptors (Lipinski definition) is 4. The Morgan fingerprint density at radius 1 is 1.17 bits per heavy atom. The van der Waals surface area contributed by atoms with E-state index in [0.29, 0.717) is 22.6 Å². The van der Waals surface area contributed by atoms with Crippen LogP contribution in [0.3, 0.4) is 0 Å². The maximum Gasteiger partial charge on any atom is 0.262 e. The van der Waals surface area contributed by atoms with Crippen LogP contribution in [0.5, 0.6) is 0 Å². The summed E-state index contributed by atoms with van der Waals surface area (Å²) in [6, 6.07) is 10.5. The maximum absolute atomic E-state index is 13.5. The van der Waals surface area contributed by atoms with E-state index in [1.54, 1.807) is 42.8 Å². The highest BCUT2D eigenvalue weighted by molar-refractivity contribution is 7.92. The molecule has 3 rings (SSSR count). The van der Waals surface area contributed by atoms with Crippen LogP contribution in [-0.4, -0.2) is 23.2 Å². The predicted molar refractivity (Wildman–Crippen MR) is 88.4 cm³/mol. The third-order valence-electron chi connectivity index (χ3n) is 3.56. The highest BCUT2D eigenvalue weighted by Gasteiger charge is 2.20. The molecule has 0 aliphatic carbocycles. The van der Waals surface area contributed by atoms with Crippen molar-refractivity contribution in [1.82, 2.24) is 14.8 Å². The van der Waals surface area contributed by atoms with Crippen molar-refractivity contribution in [2.45, 2.75) is 11.8 Å². The fourth-order valence-corrected chi connectivity index (χ4v) is 3.69. The minimum Gasteiger partial charge on any atom is -0.317 e. The monoisotopic (exact) mass is 346 g/mol. The summed E-state index contributed by atoms with van der Waals surface area (Å²) in [4.78, 5) is -0.102. The number of aromatic nitrogens is 3. The van der Waals surface area contributed by atoms with Gasteiger partial charge in [-0.2, -0.15) is 0 Å². The number of hydrogen-bond donors (Lipinski definition) is 1. The van der Waals surface area contributed by atoms with Crippen molar-refractivity contribution in [2.24, 2.45) is 7.05 Å². The van der Waals surface area contributed by atoms with Crippen LogP contribution in [0.15, 0.2) is 53.7 Å². The lowest BCUT2D eigenvalue weighted by Crippen LogP contribution is -2.15. The van der Waals surface area contributed by atoms with Gasteiger partial charge >= 0.3 is 0 Å². The molecule has 0 saturated carbocycles. The first kappa shape index (κ1) is 16.1. The van der Waals surface area contributed by atoms with E-state index in [4.69, 9.17) is 0 Å². The number of benzene rings is 2. The second-order valence-corrected chi connectivity index (χ2v) is 6.98. The van der Waals surface area contributed by atoms with Gasteiger partial charge in [0.1, 0.15) is 12.1 Å². The first-order valence-corrected chi connectivity index (χ1v) is 8.59. The van der Waals surface area contributed by atoms with Crippen molar-refractivity contribution in [3.05, 3.63) is 60.2 Å². The van der Waals surface area contributed by atoms with Crippen molar-refractivity contribution in [2.75, 3.05) is 4.72 Å². The summed E-state index contributed by atoms with van der Waals surface area (Å²) in [6.07, 6.45) is 1.53. The van der Waals surface area contributed by atoms with Crippen molar-refractivity contribution < 1.29 is 12.8 Å².